The Morgan fingerprint density at radius 1 is 1.07 bits per heavy atom. The predicted molar refractivity (Wildman–Crippen MR) is 118 cm³/mol. The van der Waals surface area contributed by atoms with Gasteiger partial charge in [-0.05, 0) is 56.2 Å². The van der Waals surface area contributed by atoms with Crippen LogP contribution in [0.3, 0.4) is 0 Å². The predicted octanol–water partition coefficient (Wildman–Crippen LogP) is 4.74. The first-order valence-electron chi connectivity index (χ1n) is 9.83. The molecule has 2 amide bonds. The number of nitrogens with zero attached hydrogens (tertiary/aromatic N) is 1. The Morgan fingerprint density at radius 3 is 2.33 bits per heavy atom. The number of methoxy groups -OCH3 is 1. The van der Waals surface area contributed by atoms with Gasteiger partial charge in [-0.15, -0.1) is 0 Å². The lowest BCUT2D eigenvalue weighted by molar-refractivity contribution is -0.136. The van der Waals surface area contributed by atoms with E-state index in [2.05, 4.69) is 5.32 Å². The Labute approximate surface area is 181 Å². The molecule has 0 atom stereocenters. The molecule has 1 aliphatic heterocycles. The van der Waals surface area contributed by atoms with Crippen LogP contribution < -0.4 is 14.8 Å². The summed E-state index contributed by atoms with van der Waals surface area (Å²) >= 11 is 6.21. The van der Waals surface area contributed by atoms with Crippen molar-refractivity contribution >= 4 is 34.7 Å². The van der Waals surface area contributed by atoms with Crippen LogP contribution in [0.5, 0.6) is 11.5 Å². The monoisotopic (exact) mass is 428 g/mol. The third-order valence-corrected chi connectivity index (χ3v) is 4.85. The molecule has 0 spiro atoms. The molecule has 30 heavy (non-hydrogen) atoms. The molecule has 0 saturated carbocycles. The van der Waals surface area contributed by atoms with Gasteiger partial charge in [0, 0.05) is 12.2 Å². The van der Waals surface area contributed by atoms with Gasteiger partial charge in [0.25, 0.3) is 11.8 Å². The lowest BCUT2D eigenvalue weighted by Crippen LogP contribution is -2.33. The van der Waals surface area contributed by atoms with E-state index in [0.717, 1.165) is 0 Å². The molecule has 1 aliphatic rings. The maximum atomic E-state index is 13.1. The van der Waals surface area contributed by atoms with Gasteiger partial charge in [0.1, 0.15) is 17.2 Å². The van der Waals surface area contributed by atoms with Gasteiger partial charge in [0.05, 0.1) is 23.8 Å². The van der Waals surface area contributed by atoms with Crippen LogP contribution >= 0.6 is 11.6 Å². The van der Waals surface area contributed by atoms with Crippen LogP contribution in [0.15, 0.2) is 48.2 Å². The number of imide groups is 1. The molecule has 3 rings (SSSR count). The molecule has 0 bridgehead atoms. The number of anilines is 1. The molecule has 2 aromatic rings. The molecule has 2 aromatic carbocycles. The minimum Gasteiger partial charge on any atom is -0.495 e. The number of hydrogen-bond acceptors (Lipinski definition) is 5. The van der Waals surface area contributed by atoms with E-state index in [1.54, 1.807) is 42.5 Å². The summed E-state index contributed by atoms with van der Waals surface area (Å²) in [4.78, 5) is 27.3. The Bertz CT molecular complexity index is 983. The summed E-state index contributed by atoms with van der Waals surface area (Å²) in [5.41, 5.74) is 1.79. The maximum absolute atomic E-state index is 13.1. The van der Waals surface area contributed by atoms with Gasteiger partial charge in [0.2, 0.25) is 0 Å². The second-order valence-electron chi connectivity index (χ2n) is 7.18. The number of ether oxygens (including phenoxy) is 2. The molecule has 158 valence electrons. The molecular formula is C23H25ClN2O4. The number of benzene rings is 2. The zero-order valence-corrected chi connectivity index (χ0v) is 18.2. The molecule has 1 heterocycles. The lowest BCUT2D eigenvalue weighted by atomic mass is 10.0. The summed E-state index contributed by atoms with van der Waals surface area (Å²) < 4.78 is 10.8. The van der Waals surface area contributed by atoms with Crippen molar-refractivity contribution in [3.63, 3.8) is 0 Å². The van der Waals surface area contributed by atoms with Crippen molar-refractivity contribution in [2.24, 2.45) is 0 Å². The summed E-state index contributed by atoms with van der Waals surface area (Å²) in [6, 6.07) is 12.3. The van der Waals surface area contributed by atoms with Crippen molar-refractivity contribution in [2.45, 2.75) is 33.3 Å². The fourth-order valence-corrected chi connectivity index (χ4v) is 3.50. The maximum Gasteiger partial charge on any atom is 0.278 e. The molecule has 0 aromatic heterocycles. The zero-order chi connectivity index (χ0) is 21.8. The highest BCUT2D eigenvalue weighted by atomic mass is 35.5. The number of hydrogen-bond donors (Lipinski definition) is 1. The van der Waals surface area contributed by atoms with E-state index < -0.39 is 0 Å². The van der Waals surface area contributed by atoms with Crippen molar-refractivity contribution in [2.75, 3.05) is 19.0 Å². The van der Waals surface area contributed by atoms with E-state index in [1.807, 2.05) is 20.8 Å². The minimum absolute atomic E-state index is 0.0434. The molecule has 0 unspecified atom stereocenters. The first kappa shape index (κ1) is 21.7. The van der Waals surface area contributed by atoms with Crippen molar-refractivity contribution in [3.8, 4) is 11.5 Å². The molecular weight excluding hydrogens is 404 g/mol. The van der Waals surface area contributed by atoms with Crippen molar-refractivity contribution < 1.29 is 19.1 Å². The molecule has 0 saturated heterocycles. The first-order chi connectivity index (χ1) is 14.3. The molecule has 7 heteroatoms. The Kier molecular flexibility index (Phi) is 6.67. The highest BCUT2D eigenvalue weighted by Gasteiger charge is 2.38. The Hall–Kier alpha value is -2.99. The largest absolute Gasteiger partial charge is 0.495 e. The van der Waals surface area contributed by atoms with Crippen LogP contribution in [-0.4, -0.2) is 36.5 Å². The van der Waals surface area contributed by atoms with Gasteiger partial charge in [0.15, 0.2) is 0 Å². The van der Waals surface area contributed by atoms with Crippen molar-refractivity contribution in [1.82, 2.24) is 4.90 Å². The molecule has 0 radical (unpaired) electrons. The number of rotatable bonds is 8. The third kappa shape index (κ3) is 4.44. The van der Waals surface area contributed by atoms with Crippen LogP contribution in [0, 0.1) is 0 Å². The van der Waals surface area contributed by atoms with Crippen LogP contribution in [0.1, 0.15) is 32.8 Å². The van der Waals surface area contributed by atoms with Crippen LogP contribution in [0.2, 0.25) is 5.02 Å². The summed E-state index contributed by atoms with van der Waals surface area (Å²) in [7, 11) is 1.53. The lowest BCUT2D eigenvalue weighted by Gasteiger charge is -2.14. The second kappa shape index (κ2) is 9.22. The van der Waals surface area contributed by atoms with Crippen molar-refractivity contribution in [3.05, 3.63) is 58.7 Å². The minimum atomic E-state index is -0.355. The number of carbonyl (C=O) groups excluding carboxylic acids is 2. The first-order valence-corrected chi connectivity index (χ1v) is 10.2. The Morgan fingerprint density at radius 2 is 1.77 bits per heavy atom. The van der Waals surface area contributed by atoms with Crippen LogP contribution in [-0.2, 0) is 9.59 Å². The van der Waals surface area contributed by atoms with Gasteiger partial charge < -0.3 is 14.8 Å². The third-order valence-electron chi connectivity index (χ3n) is 4.55. The summed E-state index contributed by atoms with van der Waals surface area (Å²) in [5.74, 6) is 0.555. The van der Waals surface area contributed by atoms with Gasteiger partial charge >= 0.3 is 0 Å². The molecule has 6 nitrogen and oxygen atoms in total. The normalized spacial score (nSPS) is 14.0. The summed E-state index contributed by atoms with van der Waals surface area (Å²) in [6.45, 7) is 6.16. The van der Waals surface area contributed by atoms with Crippen LogP contribution in [0.25, 0.3) is 5.57 Å². The van der Waals surface area contributed by atoms with E-state index in [9.17, 15) is 9.59 Å². The fourth-order valence-electron chi connectivity index (χ4n) is 3.25. The van der Waals surface area contributed by atoms with Crippen LogP contribution in [0.4, 0.5) is 5.69 Å². The SMILES string of the molecule is CCCN1C(=O)C(Nc2ccc(OC)c(Cl)c2)=C(c2ccc(OC(C)C)cc2)C1=O. The van der Waals surface area contributed by atoms with Gasteiger partial charge in [-0.2, -0.15) is 0 Å². The molecule has 0 aliphatic carbocycles. The van der Waals surface area contributed by atoms with Gasteiger partial charge in [-0.1, -0.05) is 30.7 Å². The molecule has 0 fully saturated rings. The Balaban J connectivity index is 2.01. The van der Waals surface area contributed by atoms with Gasteiger partial charge in [-0.3, -0.25) is 14.5 Å². The number of halogens is 1. The fraction of sp³-hybridized carbons (Fsp3) is 0.304. The molecule has 1 N–H and O–H groups in total. The smallest absolute Gasteiger partial charge is 0.278 e. The number of nitrogens with one attached hydrogen (secondary N) is 1. The van der Waals surface area contributed by atoms with E-state index >= 15 is 0 Å². The topological polar surface area (TPSA) is 67.9 Å². The van der Waals surface area contributed by atoms with E-state index in [0.29, 0.717) is 46.3 Å². The average Bonchev–Trinajstić information content (AvgIpc) is 2.93. The second-order valence-corrected chi connectivity index (χ2v) is 7.58. The zero-order valence-electron chi connectivity index (χ0n) is 17.5. The average molecular weight is 429 g/mol. The van der Waals surface area contributed by atoms with E-state index in [1.165, 1.54) is 12.0 Å². The van der Waals surface area contributed by atoms with Gasteiger partial charge in [-0.25, -0.2) is 0 Å². The highest BCUT2D eigenvalue weighted by Crippen LogP contribution is 2.33. The number of amides is 2. The van der Waals surface area contributed by atoms with Crippen molar-refractivity contribution in [1.29, 1.82) is 0 Å². The quantitative estimate of drug-likeness (QED) is 0.615. The van der Waals surface area contributed by atoms with E-state index in [4.69, 9.17) is 21.1 Å². The highest BCUT2D eigenvalue weighted by molar-refractivity contribution is 6.36. The number of carbonyl (C=O) groups is 2. The van der Waals surface area contributed by atoms with E-state index in [-0.39, 0.29) is 23.6 Å². The standard InChI is InChI=1S/C23H25ClN2O4/c1-5-12-26-22(27)20(15-6-9-17(10-7-15)30-14(2)3)21(23(26)28)25-16-8-11-19(29-4)18(24)13-16/h6-11,13-14,25H,5,12H2,1-4H3. The summed E-state index contributed by atoms with van der Waals surface area (Å²) in [6.07, 6.45) is 0.718. The summed E-state index contributed by atoms with van der Waals surface area (Å²) in [5, 5.41) is 3.50.